The van der Waals surface area contributed by atoms with Crippen molar-refractivity contribution in [2.75, 3.05) is 13.1 Å². The number of hydrogen-bond donors (Lipinski definition) is 0. The minimum atomic E-state index is -5.30. The van der Waals surface area contributed by atoms with Crippen LogP contribution in [0.5, 0.6) is 0 Å². The first-order valence-corrected chi connectivity index (χ1v) is 15.5. The average Bonchev–Trinajstić information content (AvgIpc) is 3.49. The second kappa shape index (κ2) is 10.2. The van der Waals surface area contributed by atoms with Gasteiger partial charge in [0.05, 0.1) is 17.0 Å². The molecule has 206 valence electrons. The topological polar surface area (TPSA) is 68.1 Å². The van der Waals surface area contributed by atoms with Gasteiger partial charge in [0, 0.05) is 42.2 Å². The number of nitrogens with zero attached hydrogens (tertiary/aromatic N) is 4. The molecular formula is C27H26ClF3N4O2S2. The highest BCUT2D eigenvalue weighted by molar-refractivity contribution is 7.90. The molecule has 1 aliphatic heterocycles. The van der Waals surface area contributed by atoms with E-state index in [-0.39, 0.29) is 24.9 Å². The van der Waals surface area contributed by atoms with E-state index in [9.17, 15) is 21.6 Å². The van der Waals surface area contributed by atoms with Gasteiger partial charge in [-0.3, -0.25) is 0 Å². The van der Waals surface area contributed by atoms with Crippen LogP contribution in [0.4, 0.5) is 13.2 Å². The van der Waals surface area contributed by atoms with E-state index in [0.717, 1.165) is 45.8 Å². The van der Waals surface area contributed by atoms with Crippen LogP contribution < -0.4 is 0 Å². The Bertz CT molecular complexity index is 1580. The summed E-state index contributed by atoms with van der Waals surface area (Å²) >= 11 is 7.74. The third-order valence-corrected chi connectivity index (χ3v) is 10.3. The fourth-order valence-corrected chi connectivity index (χ4v) is 7.33. The van der Waals surface area contributed by atoms with Gasteiger partial charge in [0.2, 0.25) is 0 Å². The summed E-state index contributed by atoms with van der Waals surface area (Å²) in [6.07, 6.45) is 4.65. The van der Waals surface area contributed by atoms with Crippen molar-refractivity contribution in [1.82, 2.24) is 18.8 Å². The molecule has 2 fully saturated rings. The lowest BCUT2D eigenvalue weighted by atomic mass is 9.91. The van der Waals surface area contributed by atoms with E-state index in [4.69, 9.17) is 16.6 Å². The molecule has 2 aromatic heterocycles. The van der Waals surface area contributed by atoms with E-state index in [0.29, 0.717) is 34.6 Å². The third kappa shape index (κ3) is 5.21. The number of piperidine rings is 1. The minimum absolute atomic E-state index is 0.0502. The zero-order valence-corrected chi connectivity index (χ0v) is 23.2. The van der Waals surface area contributed by atoms with E-state index < -0.39 is 15.5 Å². The Kier molecular flexibility index (Phi) is 6.97. The smallest absolute Gasteiger partial charge is 0.327 e. The summed E-state index contributed by atoms with van der Waals surface area (Å²) in [5, 5.41) is 3.58. The van der Waals surface area contributed by atoms with E-state index in [1.54, 1.807) is 17.5 Å². The van der Waals surface area contributed by atoms with Crippen LogP contribution in [0.25, 0.3) is 11.0 Å². The van der Waals surface area contributed by atoms with Gasteiger partial charge in [0.25, 0.3) is 0 Å². The Morgan fingerprint density at radius 1 is 1.03 bits per heavy atom. The molecule has 1 saturated carbocycles. The van der Waals surface area contributed by atoms with Gasteiger partial charge in [-0.05, 0) is 67.0 Å². The Morgan fingerprint density at radius 3 is 2.33 bits per heavy atom. The van der Waals surface area contributed by atoms with E-state index in [2.05, 4.69) is 21.7 Å². The Labute approximate surface area is 233 Å². The quantitative estimate of drug-likeness (QED) is 0.237. The molecule has 0 amide bonds. The molecule has 1 atom stereocenters. The normalized spacial score (nSPS) is 18.6. The lowest BCUT2D eigenvalue weighted by Crippen LogP contribution is -2.45. The highest BCUT2D eigenvalue weighted by Crippen LogP contribution is 2.42. The summed E-state index contributed by atoms with van der Waals surface area (Å²) in [7, 11) is -5.30. The first-order chi connectivity index (χ1) is 18.6. The number of alkyl halides is 3. The number of thiazole rings is 1. The number of fused-ring (bicyclic) bond motifs is 1. The van der Waals surface area contributed by atoms with Crippen LogP contribution in [-0.2, 0) is 16.6 Å². The van der Waals surface area contributed by atoms with E-state index >= 15 is 0 Å². The van der Waals surface area contributed by atoms with Crippen molar-refractivity contribution in [3.63, 3.8) is 0 Å². The molecule has 1 saturated heterocycles. The second-order valence-corrected chi connectivity index (χ2v) is 13.5. The fourth-order valence-electron chi connectivity index (χ4n) is 5.43. The molecule has 2 aromatic carbocycles. The molecule has 4 aromatic rings. The zero-order chi connectivity index (χ0) is 27.4. The summed E-state index contributed by atoms with van der Waals surface area (Å²) in [6.45, 7) is 0.326. The molecule has 1 unspecified atom stereocenters. The predicted molar refractivity (Wildman–Crippen MR) is 145 cm³/mol. The molecule has 2 aliphatic rings. The van der Waals surface area contributed by atoms with Gasteiger partial charge in [0.15, 0.2) is 0 Å². The first kappa shape index (κ1) is 26.7. The van der Waals surface area contributed by atoms with Crippen LogP contribution in [-0.4, -0.2) is 45.9 Å². The van der Waals surface area contributed by atoms with Gasteiger partial charge in [0.1, 0.15) is 10.8 Å². The van der Waals surface area contributed by atoms with Crippen LogP contribution in [0.15, 0.2) is 54.0 Å². The maximum absolute atomic E-state index is 13.0. The lowest BCUT2D eigenvalue weighted by molar-refractivity contribution is -0.0497. The number of halogens is 4. The number of benzene rings is 2. The van der Waals surface area contributed by atoms with Gasteiger partial charge in [-0.1, -0.05) is 29.8 Å². The van der Waals surface area contributed by atoms with E-state index in [1.807, 2.05) is 35.7 Å². The highest BCUT2D eigenvalue weighted by atomic mass is 35.5. The van der Waals surface area contributed by atoms with Crippen molar-refractivity contribution in [2.24, 2.45) is 5.92 Å². The van der Waals surface area contributed by atoms with Gasteiger partial charge >= 0.3 is 15.5 Å². The van der Waals surface area contributed by atoms with Gasteiger partial charge in [-0.2, -0.15) is 17.5 Å². The van der Waals surface area contributed by atoms with Crippen molar-refractivity contribution in [2.45, 2.75) is 49.6 Å². The van der Waals surface area contributed by atoms with Crippen molar-refractivity contribution in [3.8, 4) is 0 Å². The maximum Gasteiger partial charge on any atom is 0.511 e. The van der Waals surface area contributed by atoms with Crippen molar-refractivity contribution in [3.05, 3.63) is 81.0 Å². The van der Waals surface area contributed by atoms with Crippen LogP contribution in [0.1, 0.15) is 59.5 Å². The van der Waals surface area contributed by atoms with Crippen LogP contribution in [0.2, 0.25) is 5.02 Å². The summed E-state index contributed by atoms with van der Waals surface area (Å²) in [6, 6.07) is 14.0. The maximum atomic E-state index is 13.0. The second-order valence-electron chi connectivity index (χ2n) is 10.3. The standard InChI is InChI=1S/C27H26ClF3N4O2S2/c28-21-6-3-18(4-7-21)24(26-32-11-14-38-26)20-5-8-22-23(15-20)35(25(33-22)19-1-2-19)16-17-9-12-34(13-10-17)39(36,37)27(29,30)31/h3-8,11,14-15,17,19,24H,1-2,9-10,12-13,16H2. The predicted octanol–water partition coefficient (Wildman–Crippen LogP) is 6.77. The molecule has 3 heterocycles. The summed E-state index contributed by atoms with van der Waals surface area (Å²) < 4.78 is 65.6. The fraction of sp³-hybridized carbons (Fsp3) is 0.407. The Balaban J connectivity index is 1.33. The number of imidazole rings is 1. The number of sulfonamides is 1. The van der Waals surface area contributed by atoms with Crippen LogP contribution in [0.3, 0.4) is 0 Å². The third-order valence-electron chi connectivity index (χ3n) is 7.63. The minimum Gasteiger partial charge on any atom is -0.327 e. The molecule has 39 heavy (non-hydrogen) atoms. The Morgan fingerprint density at radius 2 is 1.72 bits per heavy atom. The average molecular weight is 595 g/mol. The molecule has 6 nitrogen and oxygen atoms in total. The molecule has 6 rings (SSSR count). The first-order valence-electron chi connectivity index (χ1n) is 12.8. The monoisotopic (exact) mass is 594 g/mol. The zero-order valence-electron chi connectivity index (χ0n) is 20.8. The summed E-state index contributed by atoms with van der Waals surface area (Å²) in [4.78, 5) is 9.56. The molecular weight excluding hydrogens is 569 g/mol. The van der Waals surface area contributed by atoms with Gasteiger partial charge in [-0.15, -0.1) is 11.3 Å². The van der Waals surface area contributed by atoms with Crippen molar-refractivity contribution in [1.29, 1.82) is 0 Å². The lowest BCUT2D eigenvalue weighted by Gasteiger charge is -2.32. The number of rotatable bonds is 7. The summed E-state index contributed by atoms with van der Waals surface area (Å²) in [5.41, 5.74) is -1.27. The van der Waals surface area contributed by atoms with Crippen LogP contribution in [0, 0.1) is 5.92 Å². The summed E-state index contributed by atoms with van der Waals surface area (Å²) in [5.74, 6) is 1.34. The van der Waals surface area contributed by atoms with Gasteiger partial charge in [-0.25, -0.2) is 18.4 Å². The van der Waals surface area contributed by atoms with Crippen molar-refractivity contribution < 1.29 is 21.6 Å². The highest BCUT2D eigenvalue weighted by Gasteiger charge is 2.50. The Hall–Kier alpha value is -2.47. The number of hydrogen-bond acceptors (Lipinski definition) is 5. The molecule has 1 aliphatic carbocycles. The molecule has 0 N–H and O–H groups in total. The molecule has 12 heteroatoms. The number of aromatic nitrogens is 3. The van der Waals surface area contributed by atoms with Crippen LogP contribution >= 0.6 is 22.9 Å². The molecule has 0 bridgehead atoms. The SMILES string of the molecule is O=S(=O)(N1CCC(Cn2c(C3CC3)nc3ccc(C(c4ccc(Cl)cc4)c4nccs4)cc32)CC1)C(F)(F)F. The largest absolute Gasteiger partial charge is 0.511 e. The van der Waals surface area contributed by atoms with Gasteiger partial charge < -0.3 is 4.57 Å². The molecule has 0 radical (unpaired) electrons. The molecule has 0 spiro atoms. The van der Waals surface area contributed by atoms with Crippen molar-refractivity contribution >= 4 is 44.0 Å². The van der Waals surface area contributed by atoms with E-state index in [1.165, 1.54) is 0 Å².